The Morgan fingerprint density at radius 3 is 2.30 bits per heavy atom. The number of rotatable bonds is 4. The van der Waals surface area contributed by atoms with Gasteiger partial charge < -0.3 is 4.55 Å². The normalized spacial score (nSPS) is 11.7. The fourth-order valence-electron chi connectivity index (χ4n) is 1.52. The third kappa shape index (κ3) is 3.62. The van der Waals surface area contributed by atoms with Crippen LogP contribution in [0.15, 0.2) is 60.0 Å². The summed E-state index contributed by atoms with van der Waals surface area (Å²) in [4.78, 5) is 0. The molecule has 0 N–H and O–H groups in total. The third-order valence-electron chi connectivity index (χ3n) is 2.60. The Balaban J connectivity index is 2.12. The van der Waals surface area contributed by atoms with Crippen LogP contribution in [0.4, 0.5) is 5.69 Å². The molecule has 7 heteroatoms. The van der Waals surface area contributed by atoms with Crippen LogP contribution in [-0.4, -0.2) is 26.2 Å². The summed E-state index contributed by atoms with van der Waals surface area (Å²) < 4.78 is 32.9. The van der Waals surface area contributed by atoms with Crippen molar-refractivity contribution in [3.63, 3.8) is 0 Å². The van der Waals surface area contributed by atoms with E-state index in [-0.39, 0.29) is 0 Å². The van der Waals surface area contributed by atoms with Crippen molar-refractivity contribution in [2.75, 3.05) is 12.1 Å². The van der Waals surface area contributed by atoms with Crippen LogP contribution < -0.4 is 8.98 Å². The summed E-state index contributed by atoms with van der Waals surface area (Å²) in [5.41, 5.74) is 1.62. The molecule has 0 saturated heterocycles. The summed E-state index contributed by atoms with van der Waals surface area (Å²) in [7, 11) is -2.68. The first-order chi connectivity index (χ1) is 9.47. The van der Waals surface area contributed by atoms with Gasteiger partial charge in [0.15, 0.2) is 12.4 Å². The van der Waals surface area contributed by atoms with Crippen molar-refractivity contribution < 1.29 is 16.9 Å². The van der Waals surface area contributed by atoms with Gasteiger partial charge in [-0.25, -0.2) is 0 Å². The predicted molar refractivity (Wildman–Crippen MR) is 74.2 cm³/mol. The molecule has 0 atom stereocenters. The van der Waals surface area contributed by atoms with Crippen molar-refractivity contribution in [1.29, 1.82) is 0 Å². The quantitative estimate of drug-likeness (QED) is 0.360. The lowest BCUT2D eigenvalue weighted by molar-refractivity contribution is -0.519. The average molecular weight is 291 g/mol. The molecule has 0 aliphatic rings. The molecule has 1 aromatic heterocycles. The molecule has 0 spiro atoms. The van der Waals surface area contributed by atoms with Crippen LogP contribution in [-0.2, 0) is 10.3 Å². The van der Waals surface area contributed by atoms with Crippen LogP contribution in [0.1, 0.15) is 5.56 Å². The van der Waals surface area contributed by atoms with E-state index >= 15 is 0 Å². The van der Waals surface area contributed by atoms with E-state index in [1.54, 1.807) is 18.3 Å². The average Bonchev–Trinajstić information content (AvgIpc) is 2.45. The number of nitrogens with zero attached hydrogens (tertiary/aromatic N) is 3. The van der Waals surface area contributed by atoms with Gasteiger partial charge in [-0.15, -0.1) is 3.97 Å². The minimum absolute atomic E-state index is 0.602. The molecule has 1 aromatic carbocycles. The summed E-state index contributed by atoms with van der Waals surface area (Å²) >= 11 is 0. The highest BCUT2D eigenvalue weighted by Gasteiger charge is 2.06. The molecule has 0 radical (unpaired) electrons. The maximum absolute atomic E-state index is 10.8. The maximum atomic E-state index is 10.8. The van der Waals surface area contributed by atoms with Gasteiger partial charge in [-0.1, -0.05) is 18.2 Å². The summed E-state index contributed by atoms with van der Waals surface area (Å²) in [5, 5.41) is 5.91. The molecule has 0 fully saturated rings. The molecule has 0 bridgehead atoms. The van der Waals surface area contributed by atoms with Crippen LogP contribution in [0.5, 0.6) is 0 Å². The van der Waals surface area contributed by atoms with E-state index in [1.165, 1.54) is 24.5 Å². The number of aromatic nitrogens is 1. The second kappa shape index (κ2) is 5.81. The van der Waals surface area contributed by atoms with E-state index in [0.717, 1.165) is 5.69 Å². The summed E-state index contributed by atoms with van der Waals surface area (Å²) in [5.74, 6) is 0. The van der Waals surface area contributed by atoms with Gasteiger partial charge in [0.2, 0.25) is 0 Å². The molecule has 0 aliphatic heterocycles. The molecule has 104 valence electrons. The van der Waals surface area contributed by atoms with Crippen molar-refractivity contribution in [3.8, 4) is 0 Å². The van der Waals surface area contributed by atoms with Crippen molar-refractivity contribution in [2.45, 2.75) is 0 Å². The van der Waals surface area contributed by atoms with E-state index < -0.39 is 10.3 Å². The molecular formula is C13H13N3O3S. The number of anilines is 1. The highest BCUT2D eigenvalue weighted by atomic mass is 32.2. The first-order valence-electron chi connectivity index (χ1n) is 5.77. The molecule has 0 aliphatic carbocycles. The fourth-order valence-corrected chi connectivity index (χ4v) is 1.94. The number of hydrogen-bond acceptors (Lipinski definition) is 5. The second-order valence-corrected chi connectivity index (χ2v) is 5.30. The number of hydrazone groups is 1. The van der Waals surface area contributed by atoms with Crippen molar-refractivity contribution in [1.82, 2.24) is 0 Å². The van der Waals surface area contributed by atoms with E-state index in [2.05, 4.69) is 5.10 Å². The first-order valence-corrected chi connectivity index (χ1v) is 7.14. The number of pyridine rings is 1. The molecular weight excluding hydrogens is 278 g/mol. The van der Waals surface area contributed by atoms with Crippen LogP contribution in [0, 0.1) is 0 Å². The largest absolute Gasteiger partial charge is 0.693 e. The minimum atomic E-state index is -4.48. The van der Waals surface area contributed by atoms with Crippen LogP contribution >= 0.6 is 0 Å². The summed E-state index contributed by atoms with van der Waals surface area (Å²) in [6.45, 7) is 0. The molecule has 20 heavy (non-hydrogen) atoms. The zero-order chi connectivity index (χ0) is 14.6. The van der Waals surface area contributed by atoms with Gasteiger partial charge in [0.25, 0.3) is 0 Å². The molecule has 2 rings (SSSR count). The Bertz CT molecular complexity index is 697. The topological polar surface area (TPSA) is 76.7 Å². The van der Waals surface area contributed by atoms with Crippen molar-refractivity contribution in [3.05, 3.63) is 60.4 Å². The van der Waals surface area contributed by atoms with Crippen molar-refractivity contribution in [2.24, 2.45) is 5.10 Å². The number of hydrogen-bond donors (Lipinski definition) is 0. The molecule has 1 heterocycles. The second-order valence-electron chi connectivity index (χ2n) is 4.02. The highest BCUT2D eigenvalue weighted by molar-refractivity contribution is 7.78. The lowest BCUT2D eigenvalue weighted by atomic mass is 10.3. The van der Waals surface area contributed by atoms with E-state index in [0.29, 0.717) is 9.54 Å². The van der Waals surface area contributed by atoms with Gasteiger partial charge in [0.1, 0.15) is 0 Å². The Kier molecular flexibility index (Phi) is 4.11. The third-order valence-corrected chi connectivity index (χ3v) is 3.36. The maximum Gasteiger partial charge on any atom is 0.329 e. The van der Waals surface area contributed by atoms with Gasteiger partial charge in [0.05, 0.1) is 11.9 Å². The Labute approximate surface area is 117 Å². The summed E-state index contributed by atoms with van der Waals surface area (Å²) in [6.07, 6.45) is 3.95. The molecule has 2 aromatic rings. The Morgan fingerprint density at radius 2 is 1.75 bits per heavy atom. The van der Waals surface area contributed by atoms with E-state index in [9.17, 15) is 13.0 Å². The van der Waals surface area contributed by atoms with Gasteiger partial charge >= 0.3 is 10.3 Å². The zero-order valence-electron chi connectivity index (χ0n) is 10.7. The van der Waals surface area contributed by atoms with Crippen molar-refractivity contribution >= 4 is 22.2 Å². The molecule has 0 saturated carbocycles. The lowest BCUT2D eigenvalue weighted by Crippen LogP contribution is -2.41. The van der Waals surface area contributed by atoms with Crippen LogP contribution in [0.25, 0.3) is 0 Å². The summed E-state index contributed by atoms with van der Waals surface area (Å²) in [6, 6.07) is 12.6. The first kappa shape index (κ1) is 14.2. The smallest absolute Gasteiger partial charge is 0.329 e. The highest BCUT2D eigenvalue weighted by Crippen LogP contribution is 2.10. The molecule has 0 unspecified atom stereocenters. The SMILES string of the molecule is CN(N=Cc1cc[n+](S(=O)(=O)[O-])cc1)c1ccccc1. The minimum Gasteiger partial charge on any atom is -0.693 e. The van der Waals surface area contributed by atoms with Crippen LogP contribution in [0.2, 0.25) is 0 Å². The standard InChI is InChI=1S/C13H13N3O3S/c1-15(13-5-3-2-4-6-13)14-11-12-7-9-16(10-8-12)20(17,18)19/h2-11H,1H3. The fraction of sp³-hybridized carbons (Fsp3) is 0.0769. The van der Waals surface area contributed by atoms with Gasteiger partial charge in [-0.2, -0.15) is 13.5 Å². The van der Waals surface area contributed by atoms with E-state index in [1.807, 2.05) is 30.3 Å². The molecule has 0 amide bonds. The van der Waals surface area contributed by atoms with Gasteiger partial charge in [-0.3, -0.25) is 5.01 Å². The number of para-hydroxylation sites is 1. The van der Waals surface area contributed by atoms with E-state index in [4.69, 9.17) is 0 Å². The monoisotopic (exact) mass is 291 g/mol. The Morgan fingerprint density at radius 1 is 1.15 bits per heavy atom. The zero-order valence-corrected chi connectivity index (χ0v) is 11.6. The number of benzene rings is 1. The lowest BCUT2D eigenvalue weighted by Gasteiger charge is -2.11. The predicted octanol–water partition coefficient (Wildman–Crippen LogP) is 0.753. The van der Waals surface area contributed by atoms with Crippen LogP contribution in [0.3, 0.4) is 0 Å². The van der Waals surface area contributed by atoms with Gasteiger partial charge in [-0.05, 0) is 12.1 Å². The van der Waals surface area contributed by atoms with Gasteiger partial charge in [0, 0.05) is 24.7 Å². The molecule has 6 nitrogen and oxygen atoms in total. The Hall–Kier alpha value is -2.25.